The quantitative estimate of drug-likeness (QED) is 0.630. The number of amides is 1. The molecule has 0 fully saturated rings. The number of carbonyl (C=O) groups excluding carboxylic acids is 1. The van der Waals surface area contributed by atoms with E-state index in [2.05, 4.69) is 0 Å². The van der Waals surface area contributed by atoms with Crippen molar-refractivity contribution in [3.63, 3.8) is 0 Å². The average Bonchev–Trinajstić information content (AvgIpc) is 2.15. The fourth-order valence-electron chi connectivity index (χ4n) is 0.948. The molecule has 0 bridgehead atoms. The molecule has 15 heavy (non-hydrogen) atoms. The van der Waals surface area contributed by atoms with Crippen molar-refractivity contribution in [1.82, 2.24) is 0 Å². The molecule has 0 radical (unpaired) electrons. The summed E-state index contributed by atoms with van der Waals surface area (Å²) in [4.78, 5) is 11.7. The smallest absolute Gasteiger partial charge is 0.221 e. The third-order valence-corrected chi connectivity index (χ3v) is 3.53. The SMILES string of the molecule is CC(CSc1ccc(Cl)cc1N)C(N)=O. The van der Waals surface area contributed by atoms with Gasteiger partial charge in [0.1, 0.15) is 0 Å². The first-order valence-electron chi connectivity index (χ1n) is 4.48. The summed E-state index contributed by atoms with van der Waals surface area (Å²) in [5.41, 5.74) is 11.5. The molecule has 0 aliphatic carbocycles. The third-order valence-electron chi connectivity index (χ3n) is 1.95. The molecule has 82 valence electrons. The van der Waals surface area contributed by atoms with Crippen molar-refractivity contribution in [2.75, 3.05) is 11.5 Å². The van der Waals surface area contributed by atoms with Crippen molar-refractivity contribution >= 4 is 35.0 Å². The number of primary amides is 1. The Morgan fingerprint density at radius 3 is 2.80 bits per heavy atom. The van der Waals surface area contributed by atoms with E-state index < -0.39 is 0 Å². The minimum absolute atomic E-state index is 0.162. The van der Waals surface area contributed by atoms with E-state index in [4.69, 9.17) is 23.1 Å². The number of halogens is 1. The molecule has 0 heterocycles. The maximum absolute atomic E-state index is 10.8. The topological polar surface area (TPSA) is 69.1 Å². The molecule has 0 saturated carbocycles. The zero-order chi connectivity index (χ0) is 11.4. The highest BCUT2D eigenvalue weighted by atomic mass is 35.5. The maximum atomic E-state index is 10.8. The van der Waals surface area contributed by atoms with E-state index in [0.29, 0.717) is 16.5 Å². The third kappa shape index (κ3) is 3.64. The molecule has 4 N–H and O–H groups in total. The van der Waals surface area contributed by atoms with E-state index in [1.54, 1.807) is 19.1 Å². The predicted molar refractivity (Wildman–Crippen MR) is 64.9 cm³/mol. The Morgan fingerprint density at radius 2 is 2.27 bits per heavy atom. The van der Waals surface area contributed by atoms with Crippen LogP contribution in [-0.2, 0) is 4.79 Å². The second-order valence-electron chi connectivity index (χ2n) is 3.30. The average molecular weight is 245 g/mol. The molecule has 0 aromatic heterocycles. The number of carbonyl (C=O) groups is 1. The highest BCUT2D eigenvalue weighted by Gasteiger charge is 2.10. The molecule has 3 nitrogen and oxygen atoms in total. The summed E-state index contributed by atoms with van der Waals surface area (Å²) in [5.74, 6) is 0.168. The number of hydrogen-bond donors (Lipinski definition) is 2. The van der Waals surface area contributed by atoms with Crippen LogP contribution < -0.4 is 11.5 Å². The first-order chi connectivity index (χ1) is 7.00. The van der Waals surface area contributed by atoms with Gasteiger partial charge in [0.05, 0.1) is 0 Å². The lowest BCUT2D eigenvalue weighted by Gasteiger charge is -2.08. The van der Waals surface area contributed by atoms with Crippen LogP contribution in [0.1, 0.15) is 6.92 Å². The summed E-state index contributed by atoms with van der Waals surface area (Å²) >= 11 is 7.27. The standard InChI is InChI=1S/C10H13ClN2OS/c1-6(10(13)14)5-15-9-3-2-7(11)4-8(9)12/h2-4,6H,5,12H2,1H3,(H2,13,14). The Balaban J connectivity index is 2.62. The lowest BCUT2D eigenvalue weighted by atomic mass is 10.2. The Labute approximate surface area is 98.2 Å². The van der Waals surface area contributed by atoms with Crippen molar-refractivity contribution in [2.45, 2.75) is 11.8 Å². The molecular formula is C10H13ClN2OS. The molecule has 1 amide bonds. The summed E-state index contributed by atoms with van der Waals surface area (Å²) < 4.78 is 0. The number of thioether (sulfide) groups is 1. The molecule has 1 rings (SSSR count). The van der Waals surface area contributed by atoms with Gasteiger partial charge in [-0.3, -0.25) is 4.79 Å². The fourth-order valence-corrected chi connectivity index (χ4v) is 2.11. The van der Waals surface area contributed by atoms with Gasteiger partial charge in [0.2, 0.25) is 5.91 Å². The van der Waals surface area contributed by atoms with Gasteiger partial charge >= 0.3 is 0 Å². The molecular weight excluding hydrogens is 232 g/mol. The van der Waals surface area contributed by atoms with Crippen molar-refractivity contribution in [2.24, 2.45) is 11.7 Å². The zero-order valence-electron chi connectivity index (χ0n) is 8.37. The van der Waals surface area contributed by atoms with Crippen LogP contribution in [0.5, 0.6) is 0 Å². The lowest BCUT2D eigenvalue weighted by Crippen LogP contribution is -2.22. The number of nitrogens with two attached hydrogens (primary N) is 2. The Morgan fingerprint density at radius 1 is 1.60 bits per heavy atom. The summed E-state index contributed by atoms with van der Waals surface area (Å²) in [7, 11) is 0. The monoisotopic (exact) mass is 244 g/mol. The second-order valence-corrected chi connectivity index (χ2v) is 4.79. The fraction of sp³-hybridized carbons (Fsp3) is 0.300. The highest BCUT2D eigenvalue weighted by Crippen LogP contribution is 2.28. The Hall–Kier alpha value is -0.870. The normalized spacial score (nSPS) is 12.4. The van der Waals surface area contributed by atoms with Crippen LogP contribution >= 0.6 is 23.4 Å². The molecule has 1 aromatic rings. The van der Waals surface area contributed by atoms with Crippen LogP contribution in [0.15, 0.2) is 23.1 Å². The first-order valence-corrected chi connectivity index (χ1v) is 5.84. The van der Waals surface area contributed by atoms with Gasteiger partial charge in [0.25, 0.3) is 0 Å². The van der Waals surface area contributed by atoms with E-state index in [-0.39, 0.29) is 11.8 Å². The molecule has 5 heteroatoms. The van der Waals surface area contributed by atoms with Crippen molar-refractivity contribution < 1.29 is 4.79 Å². The van der Waals surface area contributed by atoms with Gasteiger partial charge in [0, 0.05) is 27.3 Å². The molecule has 0 spiro atoms. The van der Waals surface area contributed by atoms with E-state index >= 15 is 0 Å². The molecule has 0 aliphatic rings. The summed E-state index contributed by atoms with van der Waals surface area (Å²) in [6.45, 7) is 1.79. The minimum Gasteiger partial charge on any atom is -0.398 e. The largest absolute Gasteiger partial charge is 0.398 e. The van der Waals surface area contributed by atoms with Crippen molar-refractivity contribution in [1.29, 1.82) is 0 Å². The molecule has 1 unspecified atom stereocenters. The van der Waals surface area contributed by atoms with Crippen LogP contribution in [0.2, 0.25) is 5.02 Å². The van der Waals surface area contributed by atoms with Gasteiger partial charge < -0.3 is 11.5 Å². The number of hydrogen-bond acceptors (Lipinski definition) is 3. The molecule has 0 saturated heterocycles. The van der Waals surface area contributed by atoms with Gasteiger partial charge in [-0.25, -0.2) is 0 Å². The summed E-state index contributed by atoms with van der Waals surface area (Å²) in [6, 6.07) is 5.31. The number of anilines is 1. The number of nitrogen functional groups attached to an aromatic ring is 1. The van der Waals surface area contributed by atoms with Gasteiger partial charge in [-0.05, 0) is 18.2 Å². The highest BCUT2D eigenvalue weighted by molar-refractivity contribution is 7.99. The first kappa shape index (κ1) is 12.2. The van der Waals surface area contributed by atoms with Crippen LogP contribution in [0.3, 0.4) is 0 Å². The minimum atomic E-state index is -0.296. The van der Waals surface area contributed by atoms with Crippen LogP contribution in [0.25, 0.3) is 0 Å². The van der Waals surface area contributed by atoms with E-state index in [1.807, 2.05) is 6.07 Å². The summed E-state index contributed by atoms with van der Waals surface area (Å²) in [5, 5.41) is 0.611. The molecule has 1 atom stereocenters. The second kappa shape index (κ2) is 5.28. The van der Waals surface area contributed by atoms with Gasteiger partial charge in [-0.2, -0.15) is 0 Å². The maximum Gasteiger partial charge on any atom is 0.221 e. The molecule has 1 aromatic carbocycles. The zero-order valence-corrected chi connectivity index (χ0v) is 9.94. The number of benzene rings is 1. The van der Waals surface area contributed by atoms with E-state index in [0.717, 1.165) is 4.90 Å². The predicted octanol–water partition coefficient (Wildman–Crippen LogP) is 2.14. The van der Waals surface area contributed by atoms with E-state index in [9.17, 15) is 4.79 Å². The van der Waals surface area contributed by atoms with Gasteiger partial charge in [0.15, 0.2) is 0 Å². The van der Waals surface area contributed by atoms with Gasteiger partial charge in [-0.1, -0.05) is 18.5 Å². The number of rotatable bonds is 4. The Kier molecular flexibility index (Phi) is 4.29. The molecule has 0 aliphatic heterocycles. The van der Waals surface area contributed by atoms with Crippen LogP contribution in [0, 0.1) is 5.92 Å². The van der Waals surface area contributed by atoms with Gasteiger partial charge in [-0.15, -0.1) is 11.8 Å². The summed E-state index contributed by atoms with van der Waals surface area (Å²) in [6.07, 6.45) is 0. The van der Waals surface area contributed by atoms with Crippen molar-refractivity contribution in [3.8, 4) is 0 Å². The van der Waals surface area contributed by atoms with Crippen LogP contribution in [-0.4, -0.2) is 11.7 Å². The lowest BCUT2D eigenvalue weighted by molar-refractivity contribution is -0.120. The van der Waals surface area contributed by atoms with E-state index in [1.165, 1.54) is 11.8 Å². The Bertz CT molecular complexity index is 370. The van der Waals surface area contributed by atoms with Crippen molar-refractivity contribution in [3.05, 3.63) is 23.2 Å². The van der Waals surface area contributed by atoms with Crippen LogP contribution in [0.4, 0.5) is 5.69 Å².